The first kappa shape index (κ1) is 25.1. The number of ether oxygens (including phenoxy) is 1. The fraction of sp³-hybridized carbons (Fsp3) is 0.458. The van der Waals surface area contributed by atoms with Crippen molar-refractivity contribution in [1.82, 2.24) is 15.1 Å². The Kier molecular flexibility index (Phi) is 9.95. The Labute approximate surface area is 210 Å². The third kappa shape index (κ3) is 6.76. The summed E-state index contributed by atoms with van der Waals surface area (Å²) < 4.78 is 18.5. The summed E-state index contributed by atoms with van der Waals surface area (Å²) in [7, 11) is 0.918. The van der Waals surface area contributed by atoms with Crippen molar-refractivity contribution >= 4 is 40.7 Å². The Bertz CT molecular complexity index is 884. The molecule has 4 rings (SSSR count). The van der Waals surface area contributed by atoms with Gasteiger partial charge in [-0.05, 0) is 11.1 Å². The lowest BCUT2D eigenvalue weighted by atomic mass is 10.1. The first-order valence-electron chi connectivity index (χ1n) is 11.0. The zero-order valence-electron chi connectivity index (χ0n) is 18.6. The van der Waals surface area contributed by atoms with E-state index in [1.165, 1.54) is 5.56 Å². The van der Waals surface area contributed by atoms with Gasteiger partial charge in [-0.3, -0.25) is 14.1 Å². The van der Waals surface area contributed by atoms with Crippen LogP contribution in [0, 0.1) is 0 Å². The first-order chi connectivity index (χ1) is 15.2. The molecule has 0 radical (unpaired) electrons. The van der Waals surface area contributed by atoms with Crippen LogP contribution in [0.2, 0.25) is 0 Å². The van der Waals surface area contributed by atoms with E-state index in [9.17, 15) is 4.21 Å². The van der Waals surface area contributed by atoms with E-state index in [1.54, 1.807) is 0 Å². The minimum absolute atomic E-state index is 0. The summed E-state index contributed by atoms with van der Waals surface area (Å²) in [5.41, 5.74) is 2.45. The van der Waals surface area contributed by atoms with Crippen LogP contribution in [-0.2, 0) is 27.8 Å². The quantitative estimate of drug-likeness (QED) is 0.317. The lowest BCUT2D eigenvalue weighted by Crippen LogP contribution is -2.50. The first-order valence-corrected chi connectivity index (χ1v) is 12.5. The molecule has 0 amide bonds. The van der Waals surface area contributed by atoms with Crippen molar-refractivity contribution < 1.29 is 8.95 Å². The Morgan fingerprint density at radius 1 is 1.09 bits per heavy atom. The normalized spacial score (nSPS) is 22.2. The van der Waals surface area contributed by atoms with Crippen LogP contribution in [-0.4, -0.2) is 77.7 Å². The molecule has 0 spiro atoms. The van der Waals surface area contributed by atoms with Gasteiger partial charge in [-0.25, -0.2) is 0 Å². The number of halogens is 1. The molecule has 3 atom stereocenters. The van der Waals surface area contributed by atoms with Crippen LogP contribution >= 0.6 is 24.0 Å². The molecule has 2 heterocycles. The Hall–Kier alpha value is -1.49. The van der Waals surface area contributed by atoms with Crippen LogP contribution in [0.15, 0.2) is 65.7 Å². The van der Waals surface area contributed by atoms with E-state index >= 15 is 0 Å². The molecule has 174 valence electrons. The van der Waals surface area contributed by atoms with E-state index in [4.69, 9.17) is 4.74 Å². The second-order valence-corrected chi connectivity index (χ2v) is 9.66. The minimum Gasteiger partial charge on any atom is -0.373 e. The summed E-state index contributed by atoms with van der Waals surface area (Å²) in [5, 5.41) is 3.41. The van der Waals surface area contributed by atoms with E-state index in [2.05, 4.69) is 50.4 Å². The second kappa shape index (κ2) is 12.7. The molecule has 0 aromatic heterocycles. The van der Waals surface area contributed by atoms with Gasteiger partial charge >= 0.3 is 0 Å². The number of nitrogens with zero attached hydrogens (tertiary/aromatic N) is 3. The standard InChI is InChI=1S/C24H32N4O2S.HI/c1-25-24(26-12-15-31(29)19-21-10-6-3-7-11-21)28-17-22-23(18-28)30-14-13-27(22)16-20-8-4-2-5-9-20;/h2-11,22-23H,12-19H2,1H3,(H,25,26);1H. The molecule has 8 heteroatoms. The van der Waals surface area contributed by atoms with Gasteiger partial charge in [-0.2, -0.15) is 0 Å². The van der Waals surface area contributed by atoms with E-state index in [-0.39, 0.29) is 30.1 Å². The molecule has 0 aliphatic carbocycles. The number of morpholine rings is 1. The Balaban J connectivity index is 0.00000289. The van der Waals surface area contributed by atoms with Crippen molar-refractivity contribution in [3.63, 3.8) is 0 Å². The van der Waals surface area contributed by atoms with Gasteiger partial charge in [-0.15, -0.1) is 24.0 Å². The largest absolute Gasteiger partial charge is 0.373 e. The summed E-state index contributed by atoms with van der Waals surface area (Å²) in [4.78, 5) is 9.29. The van der Waals surface area contributed by atoms with E-state index < -0.39 is 10.8 Å². The number of guanidine groups is 1. The average Bonchev–Trinajstić information content (AvgIpc) is 3.23. The number of rotatable bonds is 7. The van der Waals surface area contributed by atoms with Gasteiger partial charge in [-0.1, -0.05) is 60.7 Å². The fourth-order valence-corrected chi connectivity index (χ4v) is 5.43. The maximum Gasteiger partial charge on any atom is 0.193 e. The fourth-order valence-electron chi connectivity index (χ4n) is 4.39. The molecule has 1 N–H and O–H groups in total. The number of hydrogen-bond acceptors (Lipinski definition) is 4. The molecule has 0 saturated carbocycles. The predicted molar refractivity (Wildman–Crippen MR) is 142 cm³/mol. The number of hydrogen-bond donors (Lipinski definition) is 1. The summed E-state index contributed by atoms with van der Waals surface area (Å²) in [6.45, 7) is 5.05. The maximum absolute atomic E-state index is 12.4. The number of aliphatic imine (C=N–C) groups is 1. The highest BCUT2D eigenvalue weighted by atomic mass is 127. The Morgan fingerprint density at radius 3 is 2.47 bits per heavy atom. The molecule has 3 unspecified atom stereocenters. The summed E-state index contributed by atoms with van der Waals surface area (Å²) in [6, 6.07) is 21.0. The van der Waals surface area contributed by atoms with Gasteiger partial charge in [0.15, 0.2) is 5.96 Å². The van der Waals surface area contributed by atoms with Gasteiger partial charge in [0, 0.05) is 62.1 Å². The van der Waals surface area contributed by atoms with Gasteiger partial charge < -0.3 is 15.0 Å². The second-order valence-electron chi connectivity index (χ2n) is 8.09. The van der Waals surface area contributed by atoms with Crippen molar-refractivity contribution in [2.24, 2.45) is 4.99 Å². The van der Waals surface area contributed by atoms with Gasteiger partial charge in [0.25, 0.3) is 0 Å². The number of fused-ring (bicyclic) bond motifs is 1. The molecule has 6 nitrogen and oxygen atoms in total. The third-order valence-corrected chi connectivity index (χ3v) is 7.25. The zero-order chi connectivity index (χ0) is 21.5. The van der Waals surface area contributed by atoms with Crippen molar-refractivity contribution in [2.75, 3.05) is 45.6 Å². The number of likely N-dealkylation sites (tertiary alicyclic amines) is 1. The zero-order valence-corrected chi connectivity index (χ0v) is 21.7. The average molecular weight is 569 g/mol. The highest BCUT2D eigenvalue weighted by molar-refractivity contribution is 14.0. The molecule has 2 aromatic carbocycles. The maximum atomic E-state index is 12.4. The monoisotopic (exact) mass is 568 g/mol. The molecule has 0 bridgehead atoms. The smallest absolute Gasteiger partial charge is 0.193 e. The molecule has 2 aromatic rings. The van der Waals surface area contributed by atoms with Crippen LogP contribution in [0.25, 0.3) is 0 Å². The van der Waals surface area contributed by atoms with Gasteiger partial charge in [0.05, 0.1) is 18.8 Å². The lowest BCUT2D eigenvalue weighted by molar-refractivity contribution is -0.0502. The molecule has 32 heavy (non-hydrogen) atoms. The molecule has 2 fully saturated rings. The van der Waals surface area contributed by atoms with Crippen molar-refractivity contribution in [3.05, 3.63) is 71.8 Å². The van der Waals surface area contributed by atoms with Gasteiger partial charge in [0.1, 0.15) is 0 Å². The van der Waals surface area contributed by atoms with E-state index in [1.807, 2.05) is 37.4 Å². The summed E-state index contributed by atoms with van der Waals surface area (Å²) >= 11 is 0. The van der Waals surface area contributed by atoms with Crippen LogP contribution in [0.5, 0.6) is 0 Å². The molecular formula is C24H33IN4O2S. The Morgan fingerprint density at radius 2 is 1.78 bits per heavy atom. The van der Waals surface area contributed by atoms with Gasteiger partial charge in [0.2, 0.25) is 0 Å². The lowest BCUT2D eigenvalue weighted by Gasteiger charge is -2.36. The molecule has 2 saturated heterocycles. The SMILES string of the molecule is CN=C(NCCS(=O)Cc1ccccc1)N1CC2OCCN(Cc3ccccc3)C2C1.I. The summed E-state index contributed by atoms with van der Waals surface area (Å²) in [5.74, 6) is 2.07. The highest BCUT2D eigenvalue weighted by Crippen LogP contribution is 2.24. The van der Waals surface area contributed by atoms with Crippen molar-refractivity contribution in [2.45, 2.75) is 24.4 Å². The van der Waals surface area contributed by atoms with Crippen LogP contribution in [0.3, 0.4) is 0 Å². The molecular weight excluding hydrogens is 535 g/mol. The van der Waals surface area contributed by atoms with Crippen LogP contribution in [0.1, 0.15) is 11.1 Å². The van der Waals surface area contributed by atoms with Crippen LogP contribution < -0.4 is 5.32 Å². The van der Waals surface area contributed by atoms with E-state index in [0.29, 0.717) is 24.1 Å². The van der Waals surface area contributed by atoms with Crippen molar-refractivity contribution in [3.8, 4) is 0 Å². The predicted octanol–water partition coefficient (Wildman–Crippen LogP) is 2.71. The third-order valence-electron chi connectivity index (χ3n) is 5.94. The molecule has 2 aliphatic rings. The summed E-state index contributed by atoms with van der Waals surface area (Å²) in [6.07, 6.45) is 0.197. The number of benzene rings is 2. The molecule has 2 aliphatic heterocycles. The highest BCUT2D eigenvalue weighted by Gasteiger charge is 2.41. The van der Waals surface area contributed by atoms with Crippen LogP contribution in [0.4, 0.5) is 0 Å². The topological polar surface area (TPSA) is 57.2 Å². The van der Waals surface area contributed by atoms with Crippen molar-refractivity contribution in [1.29, 1.82) is 0 Å². The van der Waals surface area contributed by atoms with E-state index in [0.717, 1.165) is 44.3 Å². The minimum atomic E-state index is -0.895. The number of nitrogens with one attached hydrogen (secondary N) is 1.